The van der Waals surface area contributed by atoms with Crippen molar-refractivity contribution < 1.29 is 14.3 Å². The minimum atomic E-state index is -0.179. The molecule has 1 atom stereocenters. The minimum Gasteiger partial charge on any atom is -0.493 e. The third-order valence-corrected chi connectivity index (χ3v) is 4.20. The summed E-state index contributed by atoms with van der Waals surface area (Å²) in [6, 6.07) is 12.9. The van der Waals surface area contributed by atoms with E-state index >= 15 is 0 Å². The zero-order chi connectivity index (χ0) is 18.2. The maximum absolute atomic E-state index is 12.3. The second kappa shape index (κ2) is 9.14. The van der Waals surface area contributed by atoms with Crippen molar-refractivity contribution in [3.8, 4) is 11.5 Å². The SMILES string of the molecule is CCC(NC(=O)/C=C/c1ccccc1Cl)c1ccc(OC)c(OC)c1. The quantitative estimate of drug-likeness (QED) is 0.733. The number of carbonyl (C=O) groups excluding carboxylic acids is 1. The van der Waals surface area contributed by atoms with Gasteiger partial charge in [-0.1, -0.05) is 42.8 Å². The largest absolute Gasteiger partial charge is 0.493 e. The number of hydrogen-bond donors (Lipinski definition) is 1. The van der Waals surface area contributed by atoms with Crippen LogP contribution in [0.3, 0.4) is 0 Å². The van der Waals surface area contributed by atoms with Crippen LogP contribution in [0.5, 0.6) is 11.5 Å². The molecule has 0 fully saturated rings. The van der Waals surface area contributed by atoms with Gasteiger partial charge in [0.1, 0.15) is 0 Å². The molecule has 0 aliphatic carbocycles. The van der Waals surface area contributed by atoms with Crippen LogP contribution in [-0.2, 0) is 4.79 Å². The second-order valence-corrected chi connectivity index (χ2v) is 5.85. The van der Waals surface area contributed by atoms with Crippen molar-refractivity contribution >= 4 is 23.6 Å². The number of carbonyl (C=O) groups is 1. The summed E-state index contributed by atoms with van der Waals surface area (Å²) < 4.78 is 10.6. The predicted octanol–water partition coefficient (Wildman–Crippen LogP) is 4.64. The zero-order valence-corrected chi connectivity index (χ0v) is 15.3. The molecule has 4 nitrogen and oxygen atoms in total. The van der Waals surface area contributed by atoms with Crippen molar-refractivity contribution in [3.05, 3.63) is 64.7 Å². The van der Waals surface area contributed by atoms with Gasteiger partial charge in [-0.2, -0.15) is 0 Å². The first-order chi connectivity index (χ1) is 12.1. The van der Waals surface area contributed by atoms with Crippen molar-refractivity contribution in [1.29, 1.82) is 0 Å². The van der Waals surface area contributed by atoms with Gasteiger partial charge in [0, 0.05) is 11.1 Å². The first kappa shape index (κ1) is 18.9. The Labute approximate surface area is 153 Å². The Morgan fingerprint density at radius 2 is 1.88 bits per heavy atom. The van der Waals surface area contributed by atoms with Gasteiger partial charge in [-0.25, -0.2) is 0 Å². The van der Waals surface area contributed by atoms with Gasteiger partial charge in [-0.05, 0) is 41.8 Å². The molecule has 0 bridgehead atoms. The summed E-state index contributed by atoms with van der Waals surface area (Å²) in [5.41, 5.74) is 1.76. The van der Waals surface area contributed by atoms with Crippen molar-refractivity contribution in [2.45, 2.75) is 19.4 Å². The van der Waals surface area contributed by atoms with Crippen LogP contribution < -0.4 is 14.8 Å². The lowest BCUT2D eigenvalue weighted by Crippen LogP contribution is -2.26. The number of nitrogens with one attached hydrogen (secondary N) is 1. The molecule has 1 amide bonds. The highest BCUT2D eigenvalue weighted by Gasteiger charge is 2.14. The van der Waals surface area contributed by atoms with E-state index in [4.69, 9.17) is 21.1 Å². The van der Waals surface area contributed by atoms with Crippen molar-refractivity contribution in [2.75, 3.05) is 14.2 Å². The third kappa shape index (κ3) is 5.00. The molecule has 0 saturated carbocycles. The number of amides is 1. The van der Waals surface area contributed by atoms with Crippen LogP contribution in [0.2, 0.25) is 5.02 Å². The first-order valence-corrected chi connectivity index (χ1v) is 8.41. The maximum Gasteiger partial charge on any atom is 0.244 e. The highest BCUT2D eigenvalue weighted by molar-refractivity contribution is 6.32. The van der Waals surface area contributed by atoms with Gasteiger partial charge >= 0.3 is 0 Å². The summed E-state index contributed by atoms with van der Waals surface area (Å²) in [7, 11) is 3.18. The normalized spacial score (nSPS) is 12.0. The molecule has 25 heavy (non-hydrogen) atoms. The first-order valence-electron chi connectivity index (χ1n) is 8.04. The molecule has 2 aromatic carbocycles. The Kier molecular flexibility index (Phi) is 6.90. The Morgan fingerprint density at radius 3 is 2.52 bits per heavy atom. The monoisotopic (exact) mass is 359 g/mol. The van der Waals surface area contributed by atoms with Crippen LogP contribution in [0.25, 0.3) is 6.08 Å². The summed E-state index contributed by atoms with van der Waals surface area (Å²) in [4.78, 5) is 12.3. The van der Waals surface area contributed by atoms with E-state index < -0.39 is 0 Å². The Balaban J connectivity index is 2.11. The van der Waals surface area contributed by atoms with Gasteiger partial charge in [-0.3, -0.25) is 4.79 Å². The van der Waals surface area contributed by atoms with Crippen LogP contribution in [-0.4, -0.2) is 20.1 Å². The molecular weight excluding hydrogens is 338 g/mol. The van der Waals surface area contributed by atoms with Gasteiger partial charge in [0.25, 0.3) is 0 Å². The smallest absolute Gasteiger partial charge is 0.244 e. The fourth-order valence-electron chi connectivity index (χ4n) is 2.49. The van der Waals surface area contributed by atoms with Crippen molar-refractivity contribution in [2.24, 2.45) is 0 Å². The van der Waals surface area contributed by atoms with E-state index in [-0.39, 0.29) is 11.9 Å². The van der Waals surface area contributed by atoms with Gasteiger partial charge in [-0.15, -0.1) is 0 Å². The summed E-state index contributed by atoms with van der Waals surface area (Å²) in [5.74, 6) is 1.12. The number of halogens is 1. The van der Waals surface area contributed by atoms with Gasteiger partial charge in [0.2, 0.25) is 5.91 Å². The highest BCUT2D eigenvalue weighted by atomic mass is 35.5. The molecule has 0 radical (unpaired) electrons. The van der Waals surface area contributed by atoms with E-state index in [0.29, 0.717) is 16.5 Å². The molecule has 0 aromatic heterocycles. The number of hydrogen-bond acceptors (Lipinski definition) is 3. The number of rotatable bonds is 7. The summed E-state index contributed by atoms with van der Waals surface area (Å²) in [6.07, 6.45) is 3.95. The average Bonchev–Trinajstić information content (AvgIpc) is 2.64. The predicted molar refractivity (Wildman–Crippen MR) is 101 cm³/mol. The molecule has 0 aliphatic heterocycles. The van der Waals surface area contributed by atoms with Gasteiger partial charge in [0.15, 0.2) is 11.5 Å². The van der Waals surface area contributed by atoms with Crippen LogP contribution in [0, 0.1) is 0 Å². The lowest BCUT2D eigenvalue weighted by atomic mass is 10.0. The van der Waals surface area contributed by atoms with Crippen LogP contribution in [0.1, 0.15) is 30.5 Å². The highest BCUT2D eigenvalue weighted by Crippen LogP contribution is 2.30. The van der Waals surface area contributed by atoms with Crippen LogP contribution in [0.4, 0.5) is 0 Å². The molecule has 0 spiro atoms. The molecule has 1 unspecified atom stereocenters. The Hall–Kier alpha value is -2.46. The molecule has 2 aromatic rings. The number of ether oxygens (including phenoxy) is 2. The second-order valence-electron chi connectivity index (χ2n) is 5.44. The third-order valence-electron chi connectivity index (χ3n) is 3.85. The van der Waals surface area contributed by atoms with Gasteiger partial charge in [0.05, 0.1) is 20.3 Å². The molecule has 1 N–H and O–H groups in total. The molecule has 0 saturated heterocycles. The molecule has 0 aliphatic rings. The van der Waals surface area contributed by atoms with E-state index in [1.165, 1.54) is 6.08 Å². The zero-order valence-electron chi connectivity index (χ0n) is 14.6. The molecule has 5 heteroatoms. The minimum absolute atomic E-state index is 0.122. The molecule has 2 rings (SSSR count). The van der Waals surface area contributed by atoms with E-state index in [2.05, 4.69) is 5.32 Å². The number of methoxy groups -OCH3 is 2. The van der Waals surface area contributed by atoms with Crippen LogP contribution >= 0.6 is 11.6 Å². The number of benzene rings is 2. The fourth-order valence-corrected chi connectivity index (χ4v) is 2.68. The van der Waals surface area contributed by atoms with E-state index in [9.17, 15) is 4.79 Å². The Morgan fingerprint density at radius 1 is 1.16 bits per heavy atom. The lowest BCUT2D eigenvalue weighted by Gasteiger charge is -2.18. The van der Waals surface area contributed by atoms with Gasteiger partial charge < -0.3 is 14.8 Å². The van der Waals surface area contributed by atoms with E-state index in [0.717, 1.165) is 17.5 Å². The van der Waals surface area contributed by atoms with E-state index in [1.807, 2.05) is 43.3 Å². The summed E-state index contributed by atoms with van der Waals surface area (Å²) in [5, 5.41) is 3.61. The Bertz CT molecular complexity index is 758. The summed E-state index contributed by atoms with van der Waals surface area (Å²) >= 11 is 6.09. The fraction of sp³-hybridized carbons (Fsp3) is 0.250. The topological polar surface area (TPSA) is 47.6 Å². The summed E-state index contributed by atoms with van der Waals surface area (Å²) in [6.45, 7) is 2.01. The van der Waals surface area contributed by atoms with Crippen molar-refractivity contribution in [1.82, 2.24) is 5.32 Å². The molecular formula is C20H22ClNO3. The molecule has 132 valence electrons. The van der Waals surface area contributed by atoms with Crippen LogP contribution in [0.15, 0.2) is 48.5 Å². The van der Waals surface area contributed by atoms with E-state index in [1.54, 1.807) is 26.4 Å². The standard InChI is InChI=1S/C20H22ClNO3/c1-4-17(15-9-11-18(24-2)19(13-15)25-3)22-20(23)12-10-14-7-5-6-8-16(14)21/h5-13,17H,4H2,1-3H3,(H,22,23)/b12-10+. The molecule has 0 heterocycles. The van der Waals surface area contributed by atoms with Crippen molar-refractivity contribution in [3.63, 3.8) is 0 Å². The maximum atomic E-state index is 12.3. The lowest BCUT2D eigenvalue weighted by molar-refractivity contribution is -0.117. The average molecular weight is 360 g/mol.